The Morgan fingerprint density at radius 3 is 3.00 bits per heavy atom. The van der Waals surface area contributed by atoms with Gasteiger partial charge in [0.15, 0.2) is 5.71 Å². The summed E-state index contributed by atoms with van der Waals surface area (Å²) < 4.78 is 4.69. The highest BCUT2D eigenvalue weighted by molar-refractivity contribution is 6.36. The molecule has 0 atom stereocenters. The third-order valence-electron chi connectivity index (χ3n) is 1.61. The molecule has 1 N–H and O–H groups in total. The molecule has 0 aliphatic heterocycles. The van der Waals surface area contributed by atoms with E-state index in [9.17, 15) is 4.79 Å². The van der Waals surface area contributed by atoms with E-state index in [0.717, 1.165) is 0 Å². The molecule has 80 valence electrons. The number of carbonyl (C=O) groups is 1. The Bertz CT molecular complexity index is 351. The van der Waals surface area contributed by atoms with Gasteiger partial charge in [-0.3, -0.25) is 0 Å². The fourth-order valence-corrected chi connectivity index (χ4v) is 0.962. The lowest BCUT2D eigenvalue weighted by molar-refractivity contribution is -0.135. The third kappa shape index (κ3) is 3.34. The van der Waals surface area contributed by atoms with Gasteiger partial charge in [0, 0.05) is 12.6 Å². The Kier molecular flexibility index (Phi) is 4.21. The minimum absolute atomic E-state index is 0.0858. The molecule has 1 rings (SSSR count). The van der Waals surface area contributed by atoms with Crippen LogP contribution in [0.25, 0.3) is 0 Å². The molecule has 0 aromatic carbocycles. The van der Waals surface area contributed by atoms with E-state index in [2.05, 4.69) is 20.1 Å². The highest BCUT2D eigenvalue weighted by Crippen LogP contribution is 1.97. The monoisotopic (exact) mass is 209 g/mol. The summed E-state index contributed by atoms with van der Waals surface area (Å²) in [4.78, 5) is 11.2. The normalized spacial score (nSPS) is 11.1. The van der Waals surface area contributed by atoms with Crippen molar-refractivity contribution in [1.82, 2.24) is 10.2 Å². The zero-order valence-electron chi connectivity index (χ0n) is 8.25. The van der Waals surface area contributed by atoms with E-state index in [0.29, 0.717) is 5.69 Å². The molecule has 1 aromatic rings. The van der Waals surface area contributed by atoms with Crippen LogP contribution >= 0.6 is 0 Å². The molecule has 6 nitrogen and oxygen atoms in total. The highest BCUT2D eigenvalue weighted by Gasteiger charge is 2.14. The standard InChI is InChI=1S/C9H11N3O3/c1-2-15-9(13)8(12-14)6-7-4-3-5-10-11-7/h3-5,14H,2,6H2,1H3/b12-8-. The molecule has 0 fully saturated rings. The molecule has 0 radical (unpaired) electrons. The molecule has 0 aliphatic carbocycles. The summed E-state index contributed by atoms with van der Waals surface area (Å²) in [5, 5.41) is 18.9. The first-order valence-corrected chi connectivity index (χ1v) is 4.42. The van der Waals surface area contributed by atoms with Gasteiger partial charge >= 0.3 is 5.97 Å². The first-order valence-electron chi connectivity index (χ1n) is 4.42. The molecule has 6 heteroatoms. The van der Waals surface area contributed by atoms with Gasteiger partial charge < -0.3 is 9.94 Å². The van der Waals surface area contributed by atoms with Gasteiger partial charge in [0.25, 0.3) is 0 Å². The molecule has 0 saturated heterocycles. The highest BCUT2D eigenvalue weighted by atomic mass is 16.5. The summed E-state index contributed by atoms with van der Waals surface area (Å²) in [6.45, 7) is 1.91. The Morgan fingerprint density at radius 2 is 2.47 bits per heavy atom. The molecular weight excluding hydrogens is 198 g/mol. The maximum Gasteiger partial charge on any atom is 0.356 e. The van der Waals surface area contributed by atoms with Crippen LogP contribution in [0.15, 0.2) is 23.5 Å². The van der Waals surface area contributed by atoms with Crippen LogP contribution in [0.5, 0.6) is 0 Å². The number of hydrogen-bond acceptors (Lipinski definition) is 6. The van der Waals surface area contributed by atoms with Gasteiger partial charge in [-0.05, 0) is 19.1 Å². The number of hydrogen-bond donors (Lipinski definition) is 1. The molecule has 0 amide bonds. The summed E-state index contributed by atoms with van der Waals surface area (Å²) in [5.41, 5.74) is 0.454. The van der Waals surface area contributed by atoms with Crippen LogP contribution in [0.3, 0.4) is 0 Å². The Morgan fingerprint density at radius 1 is 1.67 bits per heavy atom. The number of nitrogens with zero attached hydrogens (tertiary/aromatic N) is 3. The number of oxime groups is 1. The smallest absolute Gasteiger partial charge is 0.356 e. The fraction of sp³-hybridized carbons (Fsp3) is 0.333. The van der Waals surface area contributed by atoms with Gasteiger partial charge in [-0.1, -0.05) is 5.16 Å². The lowest BCUT2D eigenvalue weighted by atomic mass is 10.2. The SMILES string of the molecule is CCOC(=O)/C(Cc1cccnn1)=N\O. The Labute approximate surface area is 86.6 Å². The maximum absolute atomic E-state index is 11.2. The van der Waals surface area contributed by atoms with Gasteiger partial charge in [-0.2, -0.15) is 10.2 Å². The summed E-state index contributed by atoms with van der Waals surface area (Å²) in [6.07, 6.45) is 1.62. The second-order valence-corrected chi connectivity index (χ2v) is 2.66. The zero-order chi connectivity index (χ0) is 11.1. The van der Waals surface area contributed by atoms with Gasteiger partial charge in [0.2, 0.25) is 0 Å². The van der Waals surface area contributed by atoms with Crippen molar-refractivity contribution in [3.05, 3.63) is 24.0 Å². The van der Waals surface area contributed by atoms with Crippen molar-refractivity contribution in [2.75, 3.05) is 6.61 Å². The van der Waals surface area contributed by atoms with Gasteiger partial charge in [0.1, 0.15) is 0 Å². The van der Waals surface area contributed by atoms with Crippen molar-refractivity contribution in [2.24, 2.45) is 5.16 Å². The van der Waals surface area contributed by atoms with E-state index >= 15 is 0 Å². The second kappa shape index (κ2) is 5.69. The van der Waals surface area contributed by atoms with Gasteiger partial charge in [-0.25, -0.2) is 4.79 Å². The molecule has 1 aromatic heterocycles. The quantitative estimate of drug-likeness (QED) is 0.336. The lowest BCUT2D eigenvalue weighted by Gasteiger charge is -2.02. The average molecular weight is 209 g/mol. The van der Waals surface area contributed by atoms with Crippen LogP contribution in [0.2, 0.25) is 0 Å². The van der Waals surface area contributed by atoms with E-state index in [-0.39, 0.29) is 18.7 Å². The first-order chi connectivity index (χ1) is 7.27. The van der Waals surface area contributed by atoms with Crippen molar-refractivity contribution in [1.29, 1.82) is 0 Å². The van der Waals surface area contributed by atoms with E-state index in [1.807, 2.05) is 0 Å². The van der Waals surface area contributed by atoms with Crippen molar-refractivity contribution < 1.29 is 14.7 Å². The molecule has 1 heterocycles. The molecule has 0 saturated carbocycles. The topological polar surface area (TPSA) is 84.7 Å². The minimum atomic E-state index is -0.648. The number of aromatic nitrogens is 2. The van der Waals surface area contributed by atoms with Crippen LogP contribution in [-0.2, 0) is 16.0 Å². The van der Waals surface area contributed by atoms with Crippen LogP contribution < -0.4 is 0 Å². The van der Waals surface area contributed by atoms with Crippen molar-refractivity contribution in [2.45, 2.75) is 13.3 Å². The summed E-state index contributed by atoms with van der Waals surface area (Å²) >= 11 is 0. The van der Waals surface area contributed by atoms with E-state index < -0.39 is 5.97 Å². The van der Waals surface area contributed by atoms with Gasteiger partial charge in [-0.15, -0.1) is 0 Å². The Balaban J connectivity index is 2.67. The minimum Gasteiger partial charge on any atom is -0.461 e. The average Bonchev–Trinajstić information content (AvgIpc) is 2.27. The van der Waals surface area contributed by atoms with Crippen LogP contribution in [0, 0.1) is 0 Å². The molecule has 15 heavy (non-hydrogen) atoms. The second-order valence-electron chi connectivity index (χ2n) is 2.66. The molecule has 0 spiro atoms. The number of ether oxygens (including phenoxy) is 1. The predicted molar refractivity (Wildman–Crippen MR) is 51.6 cm³/mol. The molecule has 0 unspecified atom stereocenters. The fourth-order valence-electron chi connectivity index (χ4n) is 0.962. The number of rotatable bonds is 4. The lowest BCUT2D eigenvalue weighted by Crippen LogP contribution is -2.20. The number of carbonyl (C=O) groups excluding carboxylic acids is 1. The largest absolute Gasteiger partial charge is 0.461 e. The summed E-state index contributed by atoms with van der Waals surface area (Å²) in [5.74, 6) is -0.648. The number of esters is 1. The predicted octanol–water partition coefficient (Wildman–Crippen LogP) is 0.412. The zero-order valence-corrected chi connectivity index (χ0v) is 8.25. The summed E-state index contributed by atoms with van der Waals surface area (Å²) in [6, 6.07) is 3.36. The van der Waals surface area contributed by atoms with Crippen molar-refractivity contribution in [3.8, 4) is 0 Å². The van der Waals surface area contributed by atoms with E-state index in [1.54, 1.807) is 19.1 Å². The molecule has 0 aliphatic rings. The Hall–Kier alpha value is -1.98. The van der Waals surface area contributed by atoms with Crippen molar-refractivity contribution in [3.63, 3.8) is 0 Å². The van der Waals surface area contributed by atoms with Crippen LogP contribution in [-0.4, -0.2) is 33.7 Å². The van der Waals surface area contributed by atoms with Crippen LogP contribution in [0.4, 0.5) is 0 Å². The first kappa shape index (κ1) is 11.1. The molecular formula is C9H11N3O3. The van der Waals surface area contributed by atoms with E-state index in [1.165, 1.54) is 6.20 Å². The molecule has 0 bridgehead atoms. The van der Waals surface area contributed by atoms with Gasteiger partial charge in [0.05, 0.1) is 12.3 Å². The summed E-state index contributed by atoms with van der Waals surface area (Å²) in [7, 11) is 0. The van der Waals surface area contributed by atoms with Crippen LogP contribution in [0.1, 0.15) is 12.6 Å². The third-order valence-corrected chi connectivity index (χ3v) is 1.61. The van der Waals surface area contributed by atoms with E-state index in [4.69, 9.17) is 5.21 Å². The maximum atomic E-state index is 11.2. The van der Waals surface area contributed by atoms with Crippen molar-refractivity contribution >= 4 is 11.7 Å².